The van der Waals surface area contributed by atoms with Crippen LogP contribution >= 0.6 is 11.3 Å². The second-order valence-corrected chi connectivity index (χ2v) is 6.64. The van der Waals surface area contributed by atoms with E-state index >= 15 is 0 Å². The van der Waals surface area contributed by atoms with Gasteiger partial charge in [-0.2, -0.15) is 0 Å². The average Bonchev–Trinajstić information content (AvgIpc) is 2.50. The molecular weight excluding hydrogens is 296 g/mol. The van der Waals surface area contributed by atoms with Crippen LogP contribution in [0.5, 0.6) is 5.75 Å². The number of fused-ring (bicyclic) bond motifs is 2. The fourth-order valence-corrected chi connectivity index (χ4v) is 3.73. The molecule has 1 unspecified atom stereocenters. The molecule has 3 aromatic rings. The van der Waals surface area contributed by atoms with Gasteiger partial charge in [0.1, 0.15) is 12.4 Å². The minimum atomic E-state index is -0.540. The molecule has 2 aromatic carbocycles. The molecule has 0 fully saturated rings. The number of aryl methyl sites for hydroxylation is 1. The van der Waals surface area contributed by atoms with Crippen LogP contribution in [-0.4, -0.2) is 17.8 Å². The van der Waals surface area contributed by atoms with Crippen molar-refractivity contribution < 1.29 is 9.84 Å². The largest absolute Gasteiger partial charge is 0.491 e. The van der Waals surface area contributed by atoms with Gasteiger partial charge in [-0.05, 0) is 50.1 Å². The maximum absolute atomic E-state index is 12.7. The second-order valence-electron chi connectivity index (χ2n) is 5.59. The highest BCUT2D eigenvalue weighted by molar-refractivity contribution is 7.24. The van der Waals surface area contributed by atoms with Crippen LogP contribution in [0.25, 0.3) is 20.2 Å². The minimum Gasteiger partial charge on any atom is -0.491 e. The van der Waals surface area contributed by atoms with Gasteiger partial charge >= 0.3 is 0 Å². The van der Waals surface area contributed by atoms with E-state index in [1.165, 1.54) is 0 Å². The molecule has 3 rings (SSSR count). The van der Waals surface area contributed by atoms with E-state index in [1.54, 1.807) is 18.3 Å². The van der Waals surface area contributed by atoms with Crippen LogP contribution in [0.1, 0.15) is 18.1 Å². The summed E-state index contributed by atoms with van der Waals surface area (Å²) >= 11 is 1.63. The Morgan fingerprint density at radius 2 is 1.91 bits per heavy atom. The smallest absolute Gasteiger partial charge is 0.196 e. The van der Waals surface area contributed by atoms with Crippen molar-refractivity contribution in [2.45, 2.75) is 26.9 Å². The van der Waals surface area contributed by atoms with Crippen molar-refractivity contribution in [3.63, 3.8) is 0 Å². The van der Waals surface area contributed by atoms with Crippen LogP contribution in [0.3, 0.4) is 0 Å². The SMILES string of the molecule is Cc1c(OCC(C)O)cc2c(=O)c3ccccc3sc2c1C. The summed E-state index contributed by atoms with van der Waals surface area (Å²) in [5.41, 5.74) is 2.11. The van der Waals surface area contributed by atoms with E-state index in [-0.39, 0.29) is 12.0 Å². The summed E-state index contributed by atoms with van der Waals surface area (Å²) in [6, 6.07) is 9.48. The van der Waals surface area contributed by atoms with Gasteiger partial charge in [0.2, 0.25) is 0 Å². The van der Waals surface area contributed by atoms with Gasteiger partial charge in [0.25, 0.3) is 0 Å². The fraction of sp³-hybridized carbons (Fsp3) is 0.278. The molecular formula is C18H18O3S. The lowest BCUT2D eigenvalue weighted by Gasteiger charge is -2.14. The summed E-state index contributed by atoms with van der Waals surface area (Å²) in [5.74, 6) is 0.672. The third-order valence-corrected chi connectivity index (χ3v) is 5.17. The Kier molecular flexibility index (Phi) is 3.89. The molecule has 22 heavy (non-hydrogen) atoms. The van der Waals surface area contributed by atoms with Crippen LogP contribution in [0.2, 0.25) is 0 Å². The molecule has 0 aliphatic carbocycles. The van der Waals surface area contributed by atoms with Gasteiger partial charge in [0.05, 0.1) is 6.10 Å². The lowest BCUT2D eigenvalue weighted by Crippen LogP contribution is -2.14. The van der Waals surface area contributed by atoms with Crippen molar-refractivity contribution in [2.24, 2.45) is 0 Å². The summed E-state index contributed by atoms with van der Waals surface area (Å²) in [6.07, 6.45) is -0.540. The summed E-state index contributed by atoms with van der Waals surface area (Å²) in [4.78, 5) is 12.7. The monoisotopic (exact) mass is 314 g/mol. The number of aliphatic hydroxyl groups excluding tert-OH is 1. The first-order valence-corrected chi connectivity index (χ1v) is 8.07. The number of hydrogen-bond acceptors (Lipinski definition) is 4. The Morgan fingerprint density at radius 3 is 2.64 bits per heavy atom. The molecule has 1 aromatic heterocycles. The number of benzene rings is 2. The Balaban J connectivity index is 2.30. The van der Waals surface area contributed by atoms with Gasteiger partial charge in [-0.25, -0.2) is 0 Å². The standard InChI is InChI=1S/C18H18O3S/c1-10(19)9-21-15-8-14-17(20)13-6-4-5-7-16(13)22-18(14)12(3)11(15)2/h4-8,10,19H,9H2,1-3H3. The predicted molar refractivity (Wildman–Crippen MR) is 92.3 cm³/mol. The van der Waals surface area contributed by atoms with E-state index in [2.05, 4.69) is 0 Å². The van der Waals surface area contributed by atoms with Crippen LogP contribution in [0.15, 0.2) is 35.1 Å². The zero-order chi connectivity index (χ0) is 15.9. The molecule has 0 saturated heterocycles. The lowest BCUT2D eigenvalue weighted by atomic mass is 10.1. The Hall–Kier alpha value is -1.91. The van der Waals surface area contributed by atoms with Gasteiger partial charge in [0, 0.05) is 20.2 Å². The van der Waals surface area contributed by atoms with E-state index in [4.69, 9.17) is 4.74 Å². The molecule has 4 heteroatoms. The molecule has 0 radical (unpaired) electrons. The van der Waals surface area contributed by atoms with E-state index < -0.39 is 6.10 Å². The normalized spacial score (nSPS) is 12.7. The first-order valence-electron chi connectivity index (χ1n) is 7.25. The van der Waals surface area contributed by atoms with Gasteiger partial charge in [-0.3, -0.25) is 4.79 Å². The average molecular weight is 314 g/mol. The molecule has 1 N–H and O–H groups in total. The number of rotatable bonds is 3. The number of hydrogen-bond donors (Lipinski definition) is 1. The summed E-state index contributed by atoms with van der Waals surface area (Å²) in [7, 11) is 0. The summed E-state index contributed by atoms with van der Waals surface area (Å²) in [6.45, 7) is 5.89. The van der Waals surface area contributed by atoms with Crippen LogP contribution in [-0.2, 0) is 0 Å². The van der Waals surface area contributed by atoms with E-state index in [0.29, 0.717) is 11.1 Å². The predicted octanol–water partition coefficient (Wildman–Crippen LogP) is 3.79. The first kappa shape index (κ1) is 15.0. The third kappa shape index (κ3) is 2.49. The highest BCUT2D eigenvalue weighted by atomic mass is 32.1. The molecule has 3 nitrogen and oxygen atoms in total. The van der Waals surface area contributed by atoms with Crippen molar-refractivity contribution in [2.75, 3.05) is 6.61 Å². The van der Waals surface area contributed by atoms with Gasteiger partial charge in [-0.15, -0.1) is 11.3 Å². The molecule has 1 atom stereocenters. The summed E-state index contributed by atoms with van der Waals surface area (Å²) in [5, 5.41) is 10.8. The lowest BCUT2D eigenvalue weighted by molar-refractivity contribution is 0.122. The maximum atomic E-state index is 12.7. The summed E-state index contributed by atoms with van der Waals surface area (Å²) < 4.78 is 7.68. The van der Waals surface area contributed by atoms with E-state index in [0.717, 1.165) is 25.9 Å². The van der Waals surface area contributed by atoms with Gasteiger partial charge in [0.15, 0.2) is 5.43 Å². The molecule has 0 aliphatic rings. The number of aliphatic hydroxyl groups is 1. The van der Waals surface area contributed by atoms with E-state index in [1.807, 2.05) is 44.2 Å². The topological polar surface area (TPSA) is 46.5 Å². The fourth-order valence-electron chi connectivity index (χ4n) is 2.52. The molecule has 1 heterocycles. The Morgan fingerprint density at radius 1 is 1.18 bits per heavy atom. The quantitative estimate of drug-likeness (QED) is 0.748. The van der Waals surface area contributed by atoms with Gasteiger partial charge < -0.3 is 9.84 Å². The van der Waals surface area contributed by atoms with E-state index in [9.17, 15) is 9.90 Å². The Labute approximate surface area is 132 Å². The van der Waals surface area contributed by atoms with Crippen molar-refractivity contribution >= 4 is 31.5 Å². The van der Waals surface area contributed by atoms with Crippen molar-refractivity contribution in [1.29, 1.82) is 0 Å². The van der Waals surface area contributed by atoms with Crippen LogP contribution in [0, 0.1) is 13.8 Å². The molecule has 0 amide bonds. The highest BCUT2D eigenvalue weighted by Crippen LogP contribution is 2.33. The molecule has 0 spiro atoms. The van der Waals surface area contributed by atoms with Crippen LogP contribution < -0.4 is 10.2 Å². The third-order valence-electron chi connectivity index (χ3n) is 3.86. The second kappa shape index (κ2) is 5.71. The molecule has 0 saturated carbocycles. The molecule has 0 bridgehead atoms. The zero-order valence-electron chi connectivity index (χ0n) is 12.8. The first-order chi connectivity index (χ1) is 10.5. The molecule has 114 valence electrons. The molecule has 0 aliphatic heterocycles. The minimum absolute atomic E-state index is 0.0364. The highest BCUT2D eigenvalue weighted by Gasteiger charge is 2.13. The van der Waals surface area contributed by atoms with Crippen LogP contribution in [0.4, 0.5) is 0 Å². The van der Waals surface area contributed by atoms with Crippen molar-refractivity contribution in [3.05, 3.63) is 51.7 Å². The maximum Gasteiger partial charge on any atom is 0.196 e. The zero-order valence-corrected chi connectivity index (χ0v) is 13.7. The number of ether oxygens (including phenoxy) is 1. The Bertz CT molecular complexity index is 909. The van der Waals surface area contributed by atoms with Gasteiger partial charge in [-0.1, -0.05) is 12.1 Å². The van der Waals surface area contributed by atoms with Crippen molar-refractivity contribution in [1.82, 2.24) is 0 Å². The van der Waals surface area contributed by atoms with Crippen molar-refractivity contribution in [3.8, 4) is 5.75 Å².